The van der Waals surface area contributed by atoms with Crippen LogP contribution in [0.3, 0.4) is 0 Å². The molecule has 2 heterocycles. The minimum atomic E-state index is -0.726. The van der Waals surface area contributed by atoms with Crippen LogP contribution in [0, 0.1) is 0 Å². The molecule has 1 aromatic carbocycles. The molecule has 1 fully saturated rings. The van der Waals surface area contributed by atoms with Crippen molar-refractivity contribution >= 4 is 34.8 Å². The van der Waals surface area contributed by atoms with Gasteiger partial charge in [0.2, 0.25) is 5.91 Å². The molecule has 0 saturated carbocycles. The van der Waals surface area contributed by atoms with Crippen LogP contribution in [0.2, 0.25) is 0 Å². The smallest absolute Gasteiger partial charge is 0.338 e. The summed E-state index contributed by atoms with van der Waals surface area (Å²) in [7, 11) is 0. The third-order valence-corrected chi connectivity index (χ3v) is 6.24. The fourth-order valence-corrected chi connectivity index (χ4v) is 4.78. The number of carbonyl (C=O) groups is 3. The summed E-state index contributed by atoms with van der Waals surface area (Å²) < 4.78 is 16.4. The average Bonchev–Trinajstić information content (AvgIpc) is 3.02. The number of rotatable bonds is 7. The van der Waals surface area contributed by atoms with Crippen LogP contribution < -0.4 is 9.47 Å². The number of hydrogen-bond acceptors (Lipinski definition) is 8. The second-order valence-corrected chi connectivity index (χ2v) is 8.88. The van der Waals surface area contributed by atoms with E-state index in [1.165, 1.54) is 18.7 Å². The van der Waals surface area contributed by atoms with Gasteiger partial charge in [-0.3, -0.25) is 14.5 Å². The first kappa shape index (κ1) is 23.8. The molecule has 0 aliphatic carbocycles. The van der Waals surface area contributed by atoms with Crippen LogP contribution >= 0.6 is 11.8 Å². The Hall–Kier alpha value is -2.81. The maximum absolute atomic E-state index is 13.2. The maximum atomic E-state index is 13.2. The zero-order valence-electron chi connectivity index (χ0n) is 19.1. The zero-order chi connectivity index (χ0) is 23.6. The van der Waals surface area contributed by atoms with Crippen LogP contribution in [-0.2, 0) is 19.1 Å². The van der Waals surface area contributed by atoms with E-state index in [1.54, 1.807) is 43.9 Å². The SMILES string of the molecule is CCOc1cc([C@H]2C(C(=O)OC(C)C)=C(C)N=C3S[C@@H](CC)C(=O)N32)ccc1OC(C)=O. The van der Waals surface area contributed by atoms with Crippen LogP contribution in [0.5, 0.6) is 11.5 Å². The molecule has 2 aliphatic heterocycles. The second kappa shape index (κ2) is 9.77. The number of thioether (sulfide) groups is 1. The summed E-state index contributed by atoms with van der Waals surface area (Å²) in [6, 6.07) is 4.30. The van der Waals surface area contributed by atoms with Gasteiger partial charge in [0, 0.05) is 6.92 Å². The predicted molar refractivity (Wildman–Crippen MR) is 122 cm³/mol. The summed E-state index contributed by atoms with van der Waals surface area (Å²) in [5.74, 6) is -0.478. The molecule has 172 valence electrons. The van der Waals surface area contributed by atoms with Crippen molar-refractivity contribution in [1.82, 2.24) is 4.90 Å². The van der Waals surface area contributed by atoms with Crippen molar-refractivity contribution in [1.29, 1.82) is 0 Å². The Morgan fingerprint density at radius 3 is 2.53 bits per heavy atom. The van der Waals surface area contributed by atoms with Crippen LogP contribution in [0.25, 0.3) is 0 Å². The number of fused-ring (bicyclic) bond motifs is 1. The topological polar surface area (TPSA) is 94.5 Å². The third kappa shape index (κ3) is 4.67. The Labute approximate surface area is 192 Å². The highest BCUT2D eigenvalue weighted by atomic mass is 32.2. The summed E-state index contributed by atoms with van der Waals surface area (Å²) in [6.45, 7) is 10.7. The highest BCUT2D eigenvalue weighted by Gasteiger charge is 2.47. The van der Waals surface area contributed by atoms with Gasteiger partial charge in [-0.15, -0.1) is 0 Å². The maximum Gasteiger partial charge on any atom is 0.338 e. The number of nitrogens with zero attached hydrogens (tertiary/aromatic N) is 2. The molecule has 32 heavy (non-hydrogen) atoms. The van der Waals surface area contributed by atoms with Crippen molar-refractivity contribution in [3.8, 4) is 11.5 Å². The summed E-state index contributed by atoms with van der Waals surface area (Å²) in [5, 5.41) is 0.295. The molecule has 2 atom stereocenters. The van der Waals surface area contributed by atoms with Crippen molar-refractivity contribution < 1.29 is 28.6 Å². The summed E-state index contributed by atoms with van der Waals surface area (Å²) in [6.07, 6.45) is 0.317. The Morgan fingerprint density at radius 2 is 1.94 bits per heavy atom. The monoisotopic (exact) mass is 460 g/mol. The van der Waals surface area contributed by atoms with Crippen LogP contribution in [0.15, 0.2) is 34.5 Å². The summed E-state index contributed by atoms with van der Waals surface area (Å²) >= 11 is 1.40. The first-order valence-electron chi connectivity index (χ1n) is 10.6. The molecule has 0 aromatic heterocycles. The van der Waals surface area contributed by atoms with E-state index in [-0.39, 0.29) is 23.0 Å². The van der Waals surface area contributed by atoms with Gasteiger partial charge in [-0.05, 0) is 51.8 Å². The number of carbonyl (C=O) groups excluding carboxylic acids is 3. The molecule has 0 radical (unpaired) electrons. The highest BCUT2D eigenvalue weighted by molar-refractivity contribution is 8.15. The molecule has 2 aliphatic rings. The number of aliphatic imine (C=N–C) groups is 1. The van der Waals surface area contributed by atoms with E-state index in [1.807, 2.05) is 13.8 Å². The average molecular weight is 461 g/mol. The van der Waals surface area contributed by atoms with Crippen LogP contribution in [-0.4, -0.2) is 45.9 Å². The molecule has 0 spiro atoms. The standard InChI is InChI=1S/C23H28N2O6S/c1-7-18-21(27)25-20(15-9-10-16(31-14(6)26)17(11-15)29-8-2)19(22(28)30-12(3)4)13(5)24-23(25)32-18/h9-12,18,20H,7-8H2,1-6H3/t18-,20-/m0/s1. The van der Waals surface area contributed by atoms with Gasteiger partial charge in [0.1, 0.15) is 0 Å². The minimum absolute atomic E-state index is 0.106. The van der Waals surface area contributed by atoms with Crippen molar-refractivity contribution in [3.63, 3.8) is 0 Å². The molecule has 8 nitrogen and oxygen atoms in total. The van der Waals surface area contributed by atoms with E-state index in [4.69, 9.17) is 14.2 Å². The largest absolute Gasteiger partial charge is 0.490 e. The lowest BCUT2D eigenvalue weighted by molar-refractivity contribution is -0.143. The zero-order valence-corrected chi connectivity index (χ0v) is 19.9. The Bertz CT molecular complexity index is 1000. The van der Waals surface area contributed by atoms with Crippen molar-refractivity contribution in [2.75, 3.05) is 6.61 Å². The Kier molecular flexibility index (Phi) is 7.28. The first-order valence-corrected chi connectivity index (χ1v) is 11.5. The van der Waals surface area contributed by atoms with Crippen molar-refractivity contribution in [2.24, 2.45) is 4.99 Å². The molecule has 1 aromatic rings. The number of amides is 1. The fraction of sp³-hybridized carbons (Fsp3) is 0.478. The van der Waals surface area contributed by atoms with Gasteiger partial charge in [0.25, 0.3) is 0 Å². The number of amidine groups is 1. The van der Waals surface area contributed by atoms with Crippen LogP contribution in [0.1, 0.15) is 59.6 Å². The molecular formula is C23H28N2O6S. The van der Waals surface area contributed by atoms with Crippen molar-refractivity contribution in [2.45, 2.75) is 65.4 Å². The third-order valence-electron chi connectivity index (χ3n) is 4.92. The Balaban J connectivity index is 2.15. The molecule has 3 rings (SSSR count). The predicted octanol–water partition coefficient (Wildman–Crippen LogP) is 4.00. The van der Waals surface area contributed by atoms with Crippen molar-refractivity contribution in [3.05, 3.63) is 35.0 Å². The van der Waals surface area contributed by atoms with Crippen LogP contribution in [0.4, 0.5) is 0 Å². The van der Waals surface area contributed by atoms with E-state index in [9.17, 15) is 14.4 Å². The van der Waals surface area contributed by atoms with Gasteiger partial charge in [0.15, 0.2) is 16.7 Å². The lowest BCUT2D eigenvalue weighted by atomic mass is 9.93. The lowest BCUT2D eigenvalue weighted by Crippen LogP contribution is -2.41. The van der Waals surface area contributed by atoms with Gasteiger partial charge in [0.05, 0.1) is 35.3 Å². The van der Waals surface area contributed by atoms with E-state index < -0.39 is 18.0 Å². The van der Waals surface area contributed by atoms with Gasteiger partial charge < -0.3 is 14.2 Å². The molecule has 0 bridgehead atoms. The molecule has 0 unspecified atom stereocenters. The summed E-state index contributed by atoms with van der Waals surface area (Å²) in [5.41, 5.74) is 1.44. The van der Waals surface area contributed by atoms with Gasteiger partial charge in [-0.1, -0.05) is 24.8 Å². The molecule has 1 amide bonds. The molecule has 9 heteroatoms. The quantitative estimate of drug-likeness (QED) is 0.448. The minimum Gasteiger partial charge on any atom is -0.490 e. The number of hydrogen-bond donors (Lipinski definition) is 0. The van der Waals surface area contributed by atoms with E-state index in [0.29, 0.717) is 40.8 Å². The molecule has 0 N–H and O–H groups in total. The Morgan fingerprint density at radius 1 is 1.22 bits per heavy atom. The number of ether oxygens (including phenoxy) is 3. The highest BCUT2D eigenvalue weighted by Crippen LogP contribution is 2.45. The molecule has 1 saturated heterocycles. The van der Waals surface area contributed by atoms with E-state index >= 15 is 0 Å². The van der Waals surface area contributed by atoms with Gasteiger partial charge in [-0.2, -0.15) is 0 Å². The first-order chi connectivity index (χ1) is 15.2. The number of allylic oxidation sites excluding steroid dienone is 1. The van der Waals surface area contributed by atoms with E-state index in [0.717, 1.165) is 0 Å². The summed E-state index contributed by atoms with van der Waals surface area (Å²) in [4.78, 5) is 43.9. The second-order valence-electron chi connectivity index (χ2n) is 7.71. The normalized spacial score (nSPS) is 20.3. The number of esters is 2. The van der Waals surface area contributed by atoms with Gasteiger partial charge in [-0.25, -0.2) is 9.79 Å². The lowest BCUT2D eigenvalue weighted by Gasteiger charge is -2.33. The van der Waals surface area contributed by atoms with Gasteiger partial charge >= 0.3 is 11.9 Å². The number of benzene rings is 1. The fourth-order valence-electron chi connectivity index (χ4n) is 3.65. The molecular weight excluding hydrogens is 432 g/mol. The van der Waals surface area contributed by atoms with E-state index in [2.05, 4.69) is 4.99 Å².